The van der Waals surface area contributed by atoms with Crippen molar-refractivity contribution in [2.75, 3.05) is 6.61 Å². The Balaban J connectivity index is 2.06. The minimum Gasteiger partial charge on any atom is -0.478 e. The number of hydrogen-bond donors (Lipinski definition) is 2. The molecule has 2 amide bonds. The number of benzene rings is 1. The fraction of sp³-hybridized carbons (Fsp3) is 0.350. The van der Waals surface area contributed by atoms with Crippen molar-refractivity contribution in [2.45, 2.75) is 33.4 Å². The molecule has 1 atom stereocenters. The molecule has 2 rings (SSSR count). The van der Waals surface area contributed by atoms with Crippen LogP contribution in [0, 0.1) is 16.0 Å². The van der Waals surface area contributed by atoms with E-state index < -0.39 is 16.9 Å². The summed E-state index contributed by atoms with van der Waals surface area (Å²) in [4.78, 5) is 39.5. The largest absolute Gasteiger partial charge is 0.478 e. The molecule has 10 heteroatoms. The Bertz CT molecular complexity index is 935. The van der Waals surface area contributed by atoms with Gasteiger partial charge < -0.3 is 15.4 Å². The molecule has 2 N–H and O–H groups in total. The third-order valence-corrected chi connectivity index (χ3v) is 4.51. The van der Waals surface area contributed by atoms with E-state index in [-0.39, 0.29) is 34.6 Å². The zero-order valence-electron chi connectivity index (χ0n) is 16.8. The number of ether oxygens (including phenoxy) is 1. The maximum atomic E-state index is 12.7. The number of non-ortho nitro benzene ring substituents is 1. The minimum absolute atomic E-state index is 0.0520. The van der Waals surface area contributed by atoms with Crippen molar-refractivity contribution in [1.29, 1.82) is 0 Å². The van der Waals surface area contributed by atoms with Gasteiger partial charge in [0.25, 0.3) is 11.6 Å². The molecule has 160 valence electrons. The highest BCUT2D eigenvalue weighted by Crippen LogP contribution is 2.22. The van der Waals surface area contributed by atoms with Crippen LogP contribution in [-0.4, -0.2) is 34.4 Å². The van der Waals surface area contributed by atoms with E-state index in [1.807, 2.05) is 6.92 Å². The van der Waals surface area contributed by atoms with Crippen LogP contribution in [0.4, 0.5) is 5.69 Å². The molecule has 2 aromatic rings. The number of carbonyl (C=O) groups is 2. The summed E-state index contributed by atoms with van der Waals surface area (Å²) < 4.78 is 5.34. The summed E-state index contributed by atoms with van der Waals surface area (Å²) in [6, 6.07) is 6.20. The van der Waals surface area contributed by atoms with Gasteiger partial charge in [0.2, 0.25) is 11.8 Å². The summed E-state index contributed by atoms with van der Waals surface area (Å²) in [7, 11) is 0. The fourth-order valence-electron chi connectivity index (χ4n) is 2.64. The number of hydrogen-bond acceptors (Lipinski definition) is 6. The second-order valence-corrected chi connectivity index (χ2v) is 7.18. The summed E-state index contributed by atoms with van der Waals surface area (Å²) in [5, 5.41) is 16.2. The molecule has 0 aliphatic rings. The molecule has 1 aromatic carbocycles. The topological polar surface area (TPSA) is 123 Å². The van der Waals surface area contributed by atoms with Gasteiger partial charge >= 0.3 is 0 Å². The van der Waals surface area contributed by atoms with Gasteiger partial charge in [-0.25, -0.2) is 4.98 Å². The van der Waals surface area contributed by atoms with Crippen molar-refractivity contribution in [1.82, 2.24) is 15.6 Å². The Morgan fingerprint density at radius 3 is 2.60 bits per heavy atom. The SMILES string of the molecule is CCOc1cc(CNC(=O)C(NC(=O)c2ccc([N+](=O)[O-])cc2Cl)C(C)C)ccn1. The fourth-order valence-corrected chi connectivity index (χ4v) is 2.90. The van der Waals surface area contributed by atoms with E-state index in [0.29, 0.717) is 12.5 Å². The van der Waals surface area contributed by atoms with Crippen LogP contribution >= 0.6 is 11.6 Å². The van der Waals surface area contributed by atoms with E-state index in [2.05, 4.69) is 15.6 Å². The number of amides is 2. The maximum Gasteiger partial charge on any atom is 0.270 e. The lowest BCUT2D eigenvalue weighted by Gasteiger charge is -2.22. The molecule has 0 saturated carbocycles. The second-order valence-electron chi connectivity index (χ2n) is 6.77. The minimum atomic E-state index is -0.822. The normalized spacial score (nSPS) is 11.6. The summed E-state index contributed by atoms with van der Waals surface area (Å²) in [6.45, 7) is 6.15. The summed E-state index contributed by atoms with van der Waals surface area (Å²) >= 11 is 6.01. The van der Waals surface area contributed by atoms with Crippen LogP contribution in [0.3, 0.4) is 0 Å². The first kappa shape index (κ1) is 23.1. The lowest BCUT2D eigenvalue weighted by atomic mass is 10.0. The number of nitro groups is 1. The summed E-state index contributed by atoms with van der Waals surface area (Å²) in [6.07, 6.45) is 1.59. The number of nitrogens with zero attached hydrogens (tertiary/aromatic N) is 2. The first-order valence-electron chi connectivity index (χ1n) is 9.33. The second kappa shape index (κ2) is 10.5. The molecule has 1 heterocycles. The third-order valence-electron chi connectivity index (χ3n) is 4.20. The Morgan fingerprint density at radius 1 is 1.27 bits per heavy atom. The maximum absolute atomic E-state index is 12.7. The van der Waals surface area contributed by atoms with Gasteiger partial charge in [-0.3, -0.25) is 19.7 Å². The average Bonchev–Trinajstić information content (AvgIpc) is 2.70. The molecular weight excluding hydrogens is 412 g/mol. The first-order chi connectivity index (χ1) is 14.2. The molecule has 0 bridgehead atoms. The average molecular weight is 435 g/mol. The number of nitrogens with one attached hydrogen (secondary N) is 2. The number of aromatic nitrogens is 1. The van der Waals surface area contributed by atoms with Crippen molar-refractivity contribution in [2.24, 2.45) is 5.92 Å². The zero-order chi connectivity index (χ0) is 22.3. The molecule has 1 unspecified atom stereocenters. The standard InChI is InChI=1S/C20H23ClN4O5/c1-4-30-17-9-13(7-8-22-17)11-23-20(27)18(12(2)3)24-19(26)15-6-5-14(25(28)29)10-16(15)21/h5-10,12,18H,4,11H2,1-3H3,(H,23,27)(H,24,26). The molecular formula is C20H23ClN4O5. The molecule has 30 heavy (non-hydrogen) atoms. The van der Waals surface area contributed by atoms with Gasteiger partial charge in [0.1, 0.15) is 6.04 Å². The highest BCUT2D eigenvalue weighted by molar-refractivity contribution is 6.34. The summed E-state index contributed by atoms with van der Waals surface area (Å²) in [5.41, 5.74) is 0.628. The molecule has 0 saturated heterocycles. The van der Waals surface area contributed by atoms with E-state index in [1.165, 1.54) is 12.1 Å². The Labute approximate surface area is 178 Å². The van der Waals surface area contributed by atoms with Crippen molar-refractivity contribution in [3.05, 3.63) is 62.8 Å². The lowest BCUT2D eigenvalue weighted by molar-refractivity contribution is -0.384. The van der Waals surface area contributed by atoms with Gasteiger partial charge in [0, 0.05) is 30.9 Å². The van der Waals surface area contributed by atoms with Crippen molar-refractivity contribution in [3.8, 4) is 5.88 Å². The van der Waals surface area contributed by atoms with E-state index in [1.54, 1.807) is 32.2 Å². The smallest absolute Gasteiger partial charge is 0.270 e. The molecule has 0 spiro atoms. The van der Waals surface area contributed by atoms with Gasteiger partial charge in [-0.1, -0.05) is 25.4 Å². The molecule has 0 fully saturated rings. The van der Waals surface area contributed by atoms with Crippen LogP contribution in [0.15, 0.2) is 36.5 Å². The zero-order valence-corrected chi connectivity index (χ0v) is 17.6. The van der Waals surface area contributed by atoms with Crippen LogP contribution in [-0.2, 0) is 11.3 Å². The summed E-state index contributed by atoms with van der Waals surface area (Å²) in [5.74, 6) is -0.703. The predicted molar refractivity (Wildman–Crippen MR) is 111 cm³/mol. The van der Waals surface area contributed by atoms with E-state index in [0.717, 1.165) is 11.6 Å². The van der Waals surface area contributed by atoms with Gasteiger partial charge in [-0.05, 0) is 30.5 Å². The number of carbonyl (C=O) groups excluding carboxylic acids is 2. The number of halogens is 1. The van der Waals surface area contributed by atoms with Crippen LogP contribution in [0.5, 0.6) is 5.88 Å². The van der Waals surface area contributed by atoms with E-state index >= 15 is 0 Å². The molecule has 1 aromatic heterocycles. The van der Waals surface area contributed by atoms with Crippen LogP contribution in [0.1, 0.15) is 36.7 Å². The molecule has 0 aliphatic carbocycles. The van der Waals surface area contributed by atoms with E-state index in [9.17, 15) is 19.7 Å². The van der Waals surface area contributed by atoms with Crippen molar-refractivity contribution >= 4 is 29.1 Å². The van der Waals surface area contributed by atoms with Crippen LogP contribution in [0.2, 0.25) is 5.02 Å². The third kappa shape index (κ3) is 6.15. The van der Waals surface area contributed by atoms with Crippen molar-refractivity contribution in [3.63, 3.8) is 0 Å². The Kier molecular flexibility index (Phi) is 8.11. The quantitative estimate of drug-likeness (QED) is 0.461. The van der Waals surface area contributed by atoms with Crippen LogP contribution < -0.4 is 15.4 Å². The number of pyridine rings is 1. The number of nitro benzene ring substituents is 1. The van der Waals surface area contributed by atoms with Gasteiger partial charge in [0.15, 0.2) is 0 Å². The highest BCUT2D eigenvalue weighted by atomic mass is 35.5. The predicted octanol–water partition coefficient (Wildman–Crippen LogP) is 3.11. The molecule has 0 radical (unpaired) electrons. The highest BCUT2D eigenvalue weighted by Gasteiger charge is 2.26. The van der Waals surface area contributed by atoms with Gasteiger partial charge in [-0.15, -0.1) is 0 Å². The molecule has 9 nitrogen and oxygen atoms in total. The number of rotatable bonds is 9. The van der Waals surface area contributed by atoms with Crippen molar-refractivity contribution < 1.29 is 19.2 Å². The van der Waals surface area contributed by atoms with Gasteiger partial charge in [-0.2, -0.15) is 0 Å². The Morgan fingerprint density at radius 2 is 2.00 bits per heavy atom. The van der Waals surface area contributed by atoms with E-state index in [4.69, 9.17) is 16.3 Å². The van der Waals surface area contributed by atoms with Crippen LogP contribution in [0.25, 0.3) is 0 Å². The molecule has 0 aliphatic heterocycles. The Hall–Kier alpha value is -3.20. The van der Waals surface area contributed by atoms with Gasteiger partial charge in [0.05, 0.1) is 22.1 Å². The monoisotopic (exact) mass is 434 g/mol. The lowest BCUT2D eigenvalue weighted by Crippen LogP contribution is -2.49. The first-order valence-corrected chi connectivity index (χ1v) is 9.71.